The minimum absolute atomic E-state index is 0.166. The van der Waals surface area contributed by atoms with E-state index in [0.717, 1.165) is 48.6 Å². The van der Waals surface area contributed by atoms with Gasteiger partial charge in [0.2, 0.25) is 0 Å². The van der Waals surface area contributed by atoms with Crippen LogP contribution >= 0.6 is 0 Å². The summed E-state index contributed by atoms with van der Waals surface area (Å²) in [6, 6.07) is 15.1. The van der Waals surface area contributed by atoms with Crippen LogP contribution in [0.2, 0.25) is 0 Å². The number of hydrogen-bond donors (Lipinski definition) is 1. The van der Waals surface area contributed by atoms with Gasteiger partial charge in [-0.05, 0) is 54.8 Å². The van der Waals surface area contributed by atoms with Crippen LogP contribution in [0.5, 0.6) is 0 Å². The lowest BCUT2D eigenvalue weighted by atomic mass is 10.0. The van der Waals surface area contributed by atoms with Gasteiger partial charge in [0.1, 0.15) is 5.82 Å². The van der Waals surface area contributed by atoms with Crippen LogP contribution in [-0.4, -0.2) is 34.5 Å². The van der Waals surface area contributed by atoms with Crippen molar-refractivity contribution in [2.45, 2.75) is 30.3 Å². The van der Waals surface area contributed by atoms with E-state index in [4.69, 9.17) is 0 Å². The number of nitrogens with zero attached hydrogens (tertiary/aromatic N) is 1. The molecule has 1 heterocycles. The number of nitrogens with one attached hydrogen (secondary N) is 1. The first kappa shape index (κ1) is 17.1. The number of rotatable bonds is 5. The van der Waals surface area contributed by atoms with Gasteiger partial charge in [0.15, 0.2) is 0 Å². The number of likely N-dealkylation sites (tertiary alicyclic amines) is 1. The zero-order valence-corrected chi connectivity index (χ0v) is 14.7. The van der Waals surface area contributed by atoms with Crippen molar-refractivity contribution in [1.29, 1.82) is 0 Å². The van der Waals surface area contributed by atoms with Gasteiger partial charge >= 0.3 is 0 Å². The molecular formula is C19H23FN2OS. The predicted octanol–water partition coefficient (Wildman–Crippen LogP) is 3.64. The van der Waals surface area contributed by atoms with Crippen LogP contribution < -0.4 is 5.32 Å². The SMILES string of the molecule is C[S@](=O)c1ccc(NC2CCN(Cc3cccc(F)c3)CC2)cc1. The largest absolute Gasteiger partial charge is 0.382 e. The number of anilines is 1. The summed E-state index contributed by atoms with van der Waals surface area (Å²) in [5.74, 6) is -0.166. The van der Waals surface area contributed by atoms with Crippen LogP contribution in [-0.2, 0) is 17.3 Å². The molecule has 5 heteroatoms. The van der Waals surface area contributed by atoms with Crippen molar-refractivity contribution >= 4 is 16.5 Å². The maximum absolute atomic E-state index is 13.3. The van der Waals surface area contributed by atoms with E-state index in [1.807, 2.05) is 30.3 Å². The first-order valence-electron chi connectivity index (χ1n) is 8.27. The first-order chi connectivity index (χ1) is 11.6. The normalized spacial score (nSPS) is 17.6. The quantitative estimate of drug-likeness (QED) is 0.897. The molecule has 1 aliphatic rings. The summed E-state index contributed by atoms with van der Waals surface area (Å²) in [5, 5.41) is 3.55. The molecule has 3 rings (SSSR count). The van der Waals surface area contributed by atoms with E-state index in [1.165, 1.54) is 6.07 Å². The fraction of sp³-hybridized carbons (Fsp3) is 0.368. The van der Waals surface area contributed by atoms with E-state index in [0.29, 0.717) is 6.04 Å². The Hall–Kier alpha value is -1.72. The Morgan fingerprint density at radius 3 is 2.50 bits per heavy atom. The van der Waals surface area contributed by atoms with Gasteiger partial charge < -0.3 is 5.32 Å². The summed E-state index contributed by atoms with van der Waals surface area (Å²) in [4.78, 5) is 3.22. The molecule has 0 aliphatic carbocycles. The molecule has 1 N–H and O–H groups in total. The Morgan fingerprint density at radius 1 is 1.17 bits per heavy atom. The van der Waals surface area contributed by atoms with Crippen molar-refractivity contribution in [2.75, 3.05) is 24.7 Å². The van der Waals surface area contributed by atoms with Gasteiger partial charge in [0.05, 0.1) is 0 Å². The summed E-state index contributed by atoms with van der Waals surface area (Å²) in [5.41, 5.74) is 2.11. The lowest BCUT2D eigenvalue weighted by Crippen LogP contribution is -2.38. The van der Waals surface area contributed by atoms with Gasteiger partial charge in [-0.3, -0.25) is 9.11 Å². The lowest BCUT2D eigenvalue weighted by Gasteiger charge is -2.33. The zero-order valence-electron chi connectivity index (χ0n) is 13.9. The monoisotopic (exact) mass is 346 g/mol. The maximum atomic E-state index is 13.3. The van der Waals surface area contributed by atoms with Crippen LogP contribution in [0.25, 0.3) is 0 Å². The molecule has 0 radical (unpaired) electrons. The molecule has 2 aromatic carbocycles. The minimum Gasteiger partial charge on any atom is -0.382 e. The molecule has 0 spiro atoms. The second-order valence-electron chi connectivity index (χ2n) is 6.30. The molecule has 1 fully saturated rings. The maximum Gasteiger partial charge on any atom is 0.123 e. The zero-order chi connectivity index (χ0) is 16.9. The molecule has 24 heavy (non-hydrogen) atoms. The van der Waals surface area contributed by atoms with Gasteiger partial charge in [-0.15, -0.1) is 0 Å². The lowest BCUT2D eigenvalue weighted by molar-refractivity contribution is 0.211. The summed E-state index contributed by atoms with van der Waals surface area (Å²) in [7, 11) is -0.931. The highest BCUT2D eigenvalue weighted by molar-refractivity contribution is 7.84. The molecule has 1 aliphatic heterocycles. The van der Waals surface area contributed by atoms with Crippen LogP contribution in [0.4, 0.5) is 10.1 Å². The molecule has 0 unspecified atom stereocenters. The van der Waals surface area contributed by atoms with E-state index >= 15 is 0 Å². The van der Waals surface area contributed by atoms with Crippen LogP contribution in [0.15, 0.2) is 53.4 Å². The van der Waals surface area contributed by atoms with Crippen LogP contribution in [0.1, 0.15) is 18.4 Å². The smallest absolute Gasteiger partial charge is 0.123 e. The molecule has 0 saturated carbocycles. The standard InChI is InChI=1S/C19H23FN2OS/c1-24(23)19-7-5-17(6-8-19)21-18-9-11-22(12-10-18)14-15-3-2-4-16(20)13-15/h2-8,13,18,21H,9-12,14H2,1H3/t24-/m0/s1. The van der Waals surface area contributed by atoms with Crippen molar-refractivity contribution < 1.29 is 8.60 Å². The Labute approximate surface area is 145 Å². The third kappa shape index (κ3) is 4.65. The number of halogens is 1. The third-order valence-corrected chi connectivity index (χ3v) is 5.38. The van der Waals surface area contributed by atoms with E-state index in [9.17, 15) is 8.60 Å². The fourth-order valence-electron chi connectivity index (χ4n) is 3.11. The van der Waals surface area contributed by atoms with Gasteiger partial charge in [-0.2, -0.15) is 0 Å². The summed E-state index contributed by atoms with van der Waals surface area (Å²) in [6.07, 6.45) is 3.82. The number of benzene rings is 2. The average Bonchev–Trinajstić information content (AvgIpc) is 2.57. The van der Waals surface area contributed by atoms with Crippen LogP contribution in [0.3, 0.4) is 0 Å². The Balaban J connectivity index is 1.49. The van der Waals surface area contributed by atoms with Crippen molar-refractivity contribution in [2.24, 2.45) is 0 Å². The number of hydrogen-bond acceptors (Lipinski definition) is 3. The molecule has 1 atom stereocenters. The molecule has 3 nitrogen and oxygen atoms in total. The second kappa shape index (κ2) is 7.90. The van der Waals surface area contributed by atoms with E-state index in [2.05, 4.69) is 10.2 Å². The predicted molar refractivity (Wildman–Crippen MR) is 97.1 cm³/mol. The number of piperidine rings is 1. The first-order valence-corrected chi connectivity index (χ1v) is 9.83. The molecule has 2 aromatic rings. The Kier molecular flexibility index (Phi) is 5.63. The van der Waals surface area contributed by atoms with Crippen LogP contribution in [0, 0.1) is 5.82 Å². The van der Waals surface area contributed by atoms with Crippen molar-refractivity contribution in [1.82, 2.24) is 4.90 Å². The van der Waals surface area contributed by atoms with Gasteiger partial charge in [0.25, 0.3) is 0 Å². The highest BCUT2D eigenvalue weighted by atomic mass is 32.2. The molecule has 0 aromatic heterocycles. The van der Waals surface area contributed by atoms with Crippen molar-refractivity contribution in [3.63, 3.8) is 0 Å². The molecular weight excluding hydrogens is 323 g/mol. The highest BCUT2D eigenvalue weighted by Gasteiger charge is 2.19. The van der Waals surface area contributed by atoms with E-state index in [-0.39, 0.29) is 5.82 Å². The molecule has 0 amide bonds. The molecule has 1 saturated heterocycles. The van der Waals surface area contributed by atoms with E-state index < -0.39 is 10.8 Å². The van der Waals surface area contributed by atoms with E-state index in [1.54, 1.807) is 18.4 Å². The topological polar surface area (TPSA) is 32.3 Å². The second-order valence-corrected chi connectivity index (χ2v) is 7.68. The molecule has 0 bridgehead atoms. The summed E-state index contributed by atoms with van der Waals surface area (Å²) >= 11 is 0. The van der Waals surface area contributed by atoms with Crippen molar-refractivity contribution in [3.05, 3.63) is 59.9 Å². The minimum atomic E-state index is -0.931. The average molecular weight is 346 g/mol. The fourth-order valence-corrected chi connectivity index (χ4v) is 3.63. The third-order valence-electron chi connectivity index (χ3n) is 4.44. The summed E-state index contributed by atoms with van der Waals surface area (Å²) in [6.45, 7) is 2.82. The Bertz CT molecular complexity index is 697. The van der Waals surface area contributed by atoms with Gasteiger partial charge in [-0.1, -0.05) is 12.1 Å². The van der Waals surface area contributed by atoms with Gasteiger partial charge in [-0.25, -0.2) is 4.39 Å². The van der Waals surface area contributed by atoms with Gasteiger partial charge in [0, 0.05) is 53.3 Å². The highest BCUT2D eigenvalue weighted by Crippen LogP contribution is 2.19. The molecule has 128 valence electrons. The Morgan fingerprint density at radius 2 is 1.88 bits per heavy atom. The van der Waals surface area contributed by atoms with Crippen molar-refractivity contribution in [3.8, 4) is 0 Å². The summed E-state index contributed by atoms with van der Waals surface area (Å²) < 4.78 is 24.7.